The minimum Gasteiger partial charge on any atom is -0.353 e. The second-order valence-electron chi connectivity index (χ2n) is 6.34. The first-order valence-corrected chi connectivity index (χ1v) is 10.2. The van der Waals surface area contributed by atoms with E-state index in [4.69, 9.17) is 0 Å². The summed E-state index contributed by atoms with van der Waals surface area (Å²) in [5.74, 6) is -0.417. The molecule has 0 bridgehead atoms. The summed E-state index contributed by atoms with van der Waals surface area (Å²) in [5.41, 5.74) is 0.862. The Morgan fingerprint density at radius 1 is 1.21 bits per heavy atom. The van der Waals surface area contributed by atoms with Gasteiger partial charge in [0.25, 0.3) is 0 Å². The van der Waals surface area contributed by atoms with Gasteiger partial charge in [-0.05, 0) is 37.0 Å². The second-order valence-corrected chi connectivity index (χ2v) is 8.32. The summed E-state index contributed by atoms with van der Waals surface area (Å²) in [4.78, 5) is 12.0. The van der Waals surface area contributed by atoms with Gasteiger partial charge in [0.15, 0.2) is 0 Å². The zero-order chi connectivity index (χ0) is 17.6. The molecule has 0 aromatic heterocycles. The van der Waals surface area contributed by atoms with Crippen LogP contribution in [-0.4, -0.2) is 44.0 Å². The molecule has 0 atom stereocenters. The molecule has 1 aliphatic carbocycles. The highest BCUT2D eigenvalue weighted by Gasteiger charge is 2.20. The van der Waals surface area contributed by atoms with Crippen LogP contribution in [0.3, 0.4) is 0 Å². The molecule has 1 amide bonds. The maximum absolute atomic E-state index is 12.9. The highest BCUT2D eigenvalue weighted by atomic mass is 32.2. The topological polar surface area (TPSA) is 66.5 Å². The predicted octanol–water partition coefficient (Wildman–Crippen LogP) is 2.08. The molecule has 0 aliphatic heterocycles. The summed E-state index contributed by atoms with van der Waals surface area (Å²) in [6.07, 6.45) is 6.07. The summed E-state index contributed by atoms with van der Waals surface area (Å²) in [6, 6.07) is 6.23. The number of carbonyl (C=O) groups is 1. The Labute approximate surface area is 143 Å². The van der Waals surface area contributed by atoms with Crippen molar-refractivity contribution in [1.29, 1.82) is 0 Å². The molecule has 1 fully saturated rings. The molecule has 2 rings (SSSR count). The van der Waals surface area contributed by atoms with E-state index in [0.29, 0.717) is 6.42 Å². The SMILES string of the molecule is CS(=O)(=O)N(CCC(=O)NC1CCCC1)CCc1ccc(F)cc1. The lowest BCUT2D eigenvalue weighted by Gasteiger charge is -2.20. The van der Waals surface area contributed by atoms with Gasteiger partial charge in [-0.2, -0.15) is 0 Å². The van der Waals surface area contributed by atoms with Crippen LogP contribution in [0.15, 0.2) is 24.3 Å². The Balaban J connectivity index is 1.84. The number of benzene rings is 1. The molecule has 1 N–H and O–H groups in total. The van der Waals surface area contributed by atoms with Crippen LogP contribution in [0, 0.1) is 5.82 Å². The highest BCUT2D eigenvalue weighted by molar-refractivity contribution is 7.88. The van der Waals surface area contributed by atoms with Crippen molar-refractivity contribution in [2.24, 2.45) is 0 Å². The molecule has 0 unspecified atom stereocenters. The predicted molar refractivity (Wildman–Crippen MR) is 91.5 cm³/mol. The van der Waals surface area contributed by atoms with Gasteiger partial charge in [0.2, 0.25) is 15.9 Å². The molecule has 134 valence electrons. The Morgan fingerprint density at radius 2 is 1.83 bits per heavy atom. The van der Waals surface area contributed by atoms with Crippen LogP contribution >= 0.6 is 0 Å². The third-order valence-corrected chi connectivity index (χ3v) is 5.64. The van der Waals surface area contributed by atoms with E-state index >= 15 is 0 Å². The van der Waals surface area contributed by atoms with Crippen molar-refractivity contribution in [3.05, 3.63) is 35.6 Å². The Hall–Kier alpha value is -1.47. The molecular formula is C17H25FN2O3S. The second kappa shape index (κ2) is 8.58. The van der Waals surface area contributed by atoms with E-state index in [9.17, 15) is 17.6 Å². The van der Waals surface area contributed by atoms with Crippen LogP contribution in [0.25, 0.3) is 0 Å². The molecule has 0 saturated heterocycles. The van der Waals surface area contributed by atoms with Gasteiger partial charge < -0.3 is 5.32 Å². The first-order chi connectivity index (χ1) is 11.3. The lowest BCUT2D eigenvalue weighted by molar-refractivity contribution is -0.121. The van der Waals surface area contributed by atoms with Crippen molar-refractivity contribution >= 4 is 15.9 Å². The van der Waals surface area contributed by atoms with Crippen molar-refractivity contribution in [2.45, 2.75) is 44.6 Å². The Morgan fingerprint density at radius 3 is 2.42 bits per heavy atom. The third kappa shape index (κ3) is 6.20. The normalized spacial score (nSPS) is 15.8. The van der Waals surface area contributed by atoms with Crippen molar-refractivity contribution in [2.75, 3.05) is 19.3 Å². The van der Waals surface area contributed by atoms with Crippen molar-refractivity contribution in [3.63, 3.8) is 0 Å². The van der Waals surface area contributed by atoms with Gasteiger partial charge in [-0.1, -0.05) is 25.0 Å². The molecule has 0 radical (unpaired) electrons. The Kier molecular flexibility index (Phi) is 6.74. The van der Waals surface area contributed by atoms with Gasteiger partial charge in [-0.3, -0.25) is 4.79 Å². The molecular weight excluding hydrogens is 331 g/mol. The van der Waals surface area contributed by atoms with E-state index in [1.54, 1.807) is 12.1 Å². The van der Waals surface area contributed by atoms with Gasteiger partial charge in [-0.15, -0.1) is 0 Å². The summed E-state index contributed by atoms with van der Waals surface area (Å²) in [5, 5.41) is 2.96. The number of sulfonamides is 1. The first-order valence-electron chi connectivity index (χ1n) is 8.33. The number of halogens is 1. The highest BCUT2D eigenvalue weighted by Crippen LogP contribution is 2.17. The van der Waals surface area contributed by atoms with Crippen molar-refractivity contribution in [3.8, 4) is 0 Å². The van der Waals surface area contributed by atoms with Crippen LogP contribution in [0.2, 0.25) is 0 Å². The van der Waals surface area contributed by atoms with Gasteiger partial charge >= 0.3 is 0 Å². The third-order valence-electron chi connectivity index (χ3n) is 4.34. The van der Waals surface area contributed by atoms with Gasteiger partial charge in [0, 0.05) is 25.6 Å². The number of hydrogen-bond donors (Lipinski definition) is 1. The molecule has 1 saturated carbocycles. The molecule has 1 aromatic rings. The fourth-order valence-corrected chi connectivity index (χ4v) is 3.79. The molecule has 5 nitrogen and oxygen atoms in total. The zero-order valence-electron chi connectivity index (χ0n) is 14.0. The Bertz CT molecular complexity index is 640. The van der Waals surface area contributed by atoms with Crippen LogP contribution in [0.5, 0.6) is 0 Å². The molecule has 0 spiro atoms. The van der Waals surface area contributed by atoms with Gasteiger partial charge in [0.05, 0.1) is 6.26 Å². The average Bonchev–Trinajstić information content (AvgIpc) is 3.00. The summed E-state index contributed by atoms with van der Waals surface area (Å²) >= 11 is 0. The van der Waals surface area contributed by atoms with Crippen molar-refractivity contribution in [1.82, 2.24) is 9.62 Å². The number of amides is 1. The largest absolute Gasteiger partial charge is 0.353 e. The van der Waals surface area contributed by atoms with Crippen molar-refractivity contribution < 1.29 is 17.6 Å². The standard InChI is InChI=1S/C17H25FN2O3S/c1-24(22,23)20(12-10-14-6-8-15(18)9-7-14)13-11-17(21)19-16-4-2-3-5-16/h6-9,16H,2-5,10-13H2,1H3,(H,19,21). The maximum atomic E-state index is 12.9. The molecule has 7 heteroatoms. The number of rotatable bonds is 8. The van der Waals surface area contributed by atoms with Crippen LogP contribution in [0.1, 0.15) is 37.7 Å². The zero-order valence-corrected chi connectivity index (χ0v) is 14.8. The first kappa shape index (κ1) is 18.9. The lowest BCUT2D eigenvalue weighted by atomic mass is 10.1. The molecule has 0 heterocycles. The minimum atomic E-state index is -3.39. The van der Waals surface area contributed by atoms with E-state index in [0.717, 1.165) is 37.5 Å². The van der Waals surface area contributed by atoms with Crippen LogP contribution in [0.4, 0.5) is 4.39 Å². The number of carbonyl (C=O) groups excluding carboxylic acids is 1. The summed E-state index contributed by atoms with van der Waals surface area (Å²) < 4.78 is 38.0. The molecule has 1 aromatic carbocycles. The fourth-order valence-electron chi connectivity index (χ4n) is 2.94. The number of nitrogens with one attached hydrogen (secondary N) is 1. The van der Waals surface area contributed by atoms with E-state index in [2.05, 4.69) is 5.32 Å². The monoisotopic (exact) mass is 356 g/mol. The average molecular weight is 356 g/mol. The van der Waals surface area contributed by atoms with Gasteiger partial charge in [-0.25, -0.2) is 17.1 Å². The molecule has 24 heavy (non-hydrogen) atoms. The summed E-state index contributed by atoms with van der Waals surface area (Å²) in [6.45, 7) is 0.444. The van der Waals surface area contributed by atoms with Gasteiger partial charge in [0.1, 0.15) is 5.82 Å². The smallest absolute Gasteiger partial charge is 0.221 e. The fraction of sp³-hybridized carbons (Fsp3) is 0.588. The summed E-state index contributed by atoms with van der Waals surface area (Å²) in [7, 11) is -3.39. The van der Waals surface area contributed by atoms with E-state index in [1.165, 1.54) is 16.4 Å². The van der Waals surface area contributed by atoms with Crippen LogP contribution < -0.4 is 5.32 Å². The quantitative estimate of drug-likeness (QED) is 0.775. The molecule has 1 aliphatic rings. The van der Waals surface area contributed by atoms with Crippen LogP contribution in [-0.2, 0) is 21.2 Å². The lowest BCUT2D eigenvalue weighted by Crippen LogP contribution is -2.38. The van der Waals surface area contributed by atoms with E-state index in [-0.39, 0.29) is 37.3 Å². The van der Waals surface area contributed by atoms with E-state index < -0.39 is 10.0 Å². The number of nitrogens with zero attached hydrogens (tertiary/aromatic N) is 1. The minimum absolute atomic E-state index is 0.0997. The number of hydrogen-bond acceptors (Lipinski definition) is 3. The van der Waals surface area contributed by atoms with E-state index in [1.807, 2.05) is 0 Å². The maximum Gasteiger partial charge on any atom is 0.221 e.